The topological polar surface area (TPSA) is 18.5 Å². The Bertz CT molecular complexity index is 515. The normalized spacial score (nSPS) is 29.8. The summed E-state index contributed by atoms with van der Waals surface area (Å²) in [6.07, 6.45) is 10.4. The average Bonchev–Trinajstić information content (AvgIpc) is 2.53. The minimum Gasteiger partial charge on any atom is -0.497 e. The molecule has 1 saturated carbocycles. The molecule has 112 valence electrons. The number of benzene rings is 1. The first-order valence-corrected chi connectivity index (χ1v) is 7.89. The molecule has 2 aliphatic rings. The van der Waals surface area contributed by atoms with Crippen LogP contribution in [0.5, 0.6) is 5.75 Å². The third kappa shape index (κ3) is 2.91. The van der Waals surface area contributed by atoms with Crippen LogP contribution in [0.2, 0.25) is 0 Å². The van der Waals surface area contributed by atoms with Crippen LogP contribution < -0.4 is 4.74 Å². The van der Waals surface area contributed by atoms with Crippen molar-refractivity contribution in [2.45, 2.75) is 20.0 Å². The Morgan fingerprint density at radius 3 is 2.24 bits per heavy atom. The fraction of sp³-hybridized carbons (Fsp3) is 0.474. The summed E-state index contributed by atoms with van der Waals surface area (Å²) < 4.78 is 11.2. The van der Waals surface area contributed by atoms with Crippen LogP contribution in [0.1, 0.15) is 18.9 Å². The van der Waals surface area contributed by atoms with Crippen molar-refractivity contribution in [2.75, 3.05) is 13.7 Å². The van der Waals surface area contributed by atoms with Gasteiger partial charge in [0.25, 0.3) is 0 Å². The molecule has 3 rings (SSSR count). The van der Waals surface area contributed by atoms with Gasteiger partial charge in [-0.1, -0.05) is 49.8 Å². The predicted octanol–water partition coefficient (Wildman–Crippen LogP) is 4.23. The molecule has 4 atom stereocenters. The molecule has 0 bridgehead atoms. The quantitative estimate of drug-likeness (QED) is 0.778. The fourth-order valence-electron chi connectivity index (χ4n) is 3.77. The molecule has 2 nitrogen and oxygen atoms in total. The molecule has 1 aromatic rings. The Balaban J connectivity index is 1.50. The standard InChI is InChI=1S/C19H24O2/c1-3-16-17-6-4-5-7-18(17)19(16)13-21-12-14-8-10-15(20-2)11-9-14/h4-11,16-19H,3,12-13H2,1-2H3/t16-,17+,18+,19+/m1/s1. The molecule has 0 spiro atoms. The zero-order valence-electron chi connectivity index (χ0n) is 12.9. The number of ether oxygens (including phenoxy) is 2. The van der Waals surface area contributed by atoms with E-state index in [4.69, 9.17) is 9.47 Å². The molecule has 0 aliphatic heterocycles. The third-order valence-electron chi connectivity index (χ3n) is 4.97. The van der Waals surface area contributed by atoms with Gasteiger partial charge in [-0.25, -0.2) is 0 Å². The maximum Gasteiger partial charge on any atom is 0.118 e. The molecule has 2 heteroatoms. The number of hydrogen-bond donors (Lipinski definition) is 0. The lowest BCUT2D eigenvalue weighted by molar-refractivity contribution is -0.0396. The second-order valence-corrected chi connectivity index (χ2v) is 6.02. The van der Waals surface area contributed by atoms with Crippen LogP contribution in [0.4, 0.5) is 0 Å². The highest BCUT2D eigenvalue weighted by atomic mass is 16.5. The fourth-order valence-corrected chi connectivity index (χ4v) is 3.77. The summed E-state index contributed by atoms with van der Waals surface area (Å²) in [7, 11) is 1.69. The largest absolute Gasteiger partial charge is 0.497 e. The predicted molar refractivity (Wildman–Crippen MR) is 85.2 cm³/mol. The van der Waals surface area contributed by atoms with Crippen molar-refractivity contribution in [3.63, 3.8) is 0 Å². The number of fused-ring (bicyclic) bond motifs is 1. The van der Waals surface area contributed by atoms with Crippen LogP contribution in [-0.2, 0) is 11.3 Å². The zero-order chi connectivity index (χ0) is 14.7. The van der Waals surface area contributed by atoms with Gasteiger partial charge in [0.1, 0.15) is 5.75 Å². The summed E-state index contributed by atoms with van der Waals surface area (Å²) in [4.78, 5) is 0. The van der Waals surface area contributed by atoms with Crippen LogP contribution in [0.25, 0.3) is 0 Å². The Morgan fingerprint density at radius 1 is 0.952 bits per heavy atom. The second kappa shape index (κ2) is 6.48. The summed E-state index contributed by atoms with van der Waals surface area (Å²) in [6.45, 7) is 3.85. The van der Waals surface area contributed by atoms with E-state index in [2.05, 4.69) is 43.4 Å². The van der Waals surface area contributed by atoms with Gasteiger partial charge in [0.05, 0.1) is 20.3 Å². The molecule has 0 heterocycles. The van der Waals surface area contributed by atoms with E-state index in [0.717, 1.165) is 24.2 Å². The number of methoxy groups -OCH3 is 1. The van der Waals surface area contributed by atoms with E-state index in [1.165, 1.54) is 12.0 Å². The van der Waals surface area contributed by atoms with Gasteiger partial charge in [-0.05, 0) is 41.4 Å². The van der Waals surface area contributed by atoms with Crippen molar-refractivity contribution in [1.82, 2.24) is 0 Å². The van der Waals surface area contributed by atoms with Crippen LogP contribution in [-0.4, -0.2) is 13.7 Å². The monoisotopic (exact) mass is 284 g/mol. The second-order valence-electron chi connectivity index (χ2n) is 6.02. The highest BCUT2D eigenvalue weighted by Crippen LogP contribution is 2.50. The van der Waals surface area contributed by atoms with Crippen molar-refractivity contribution in [1.29, 1.82) is 0 Å². The van der Waals surface area contributed by atoms with E-state index in [1.807, 2.05) is 12.1 Å². The minimum absolute atomic E-state index is 0.680. The van der Waals surface area contributed by atoms with Crippen molar-refractivity contribution in [3.8, 4) is 5.75 Å². The molecule has 0 radical (unpaired) electrons. The van der Waals surface area contributed by atoms with Crippen LogP contribution in [0, 0.1) is 23.7 Å². The van der Waals surface area contributed by atoms with Gasteiger partial charge < -0.3 is 9.47 Å². The van der Waals surface area contributed by atoms with Crippen LogP contribution in [0.3, 0.4) is 0 Å². The van der Waals surface area contributed by atoms with E-state index in [-0.39, 0.29) is 0 Å². The van der Waals surface area contributed by atoms with Gasteiger partial charge in [0.15, 0.2) is 0 Å². The van der Waals surface area contributed by atoms with Gasteiger partial charge in [-0.15, -0.1) is 0 Å². The number of hydrogen-bond acceptors (Lipinski definition) is 2. The van der Waals surface area contributed by atoms with Gasteiger partial charge in [0.2, 0.25) is 0 Å². The van der Waals surface area contributed by atoms with Gasteiger partial charge in [0, 0.05) is 0 Å². The van der Waals surface area contributed by atoms with Crippen molar-refractivity contribution in [2.24, 2.45) is 23.7 Å². The van der Waals surface area contributed by atoms with E-state index < -0.39 is 0 Å². The van der Waals surface area contributed by atoms with Gasteiger partial charge in [-0.3, -0.25) is 0 Å². The maximum absolute atomic E-state index is 5.98. The highest BCUT2D eigenvalue weighted by Gasteiger charge is 2.46. The molecule has 21 heavy (non-hydrogen) atoms. The van der Waals surface area contributed by atoms with Crippen molar-refractivity contribution >= 4 is 0 Å². The molecule has 0 amide bonds. The van der Waals surface area contributed by atoms with Crippen LogP contribution in [0.15, 0.2) is 48.6 Å². The molecular weight excluding hydrogens is 260 g/mol. The molecule has 0 aromatic heterocycles. The Morgan fingerprint density at radius 2 is 1.62 bits per heavy atom. The first kappa shape index (κ1) is 14.4. The van der Waals surface area contributed by atoms with Crippen molar-refractivity contribution in [3.05, 3.63) is 54.1 Å². The first-order chi connectivity index (χ1) is 10.3. The smallest absolute Gasteiger partial charge is 0.118 e. The van der Waals surface area contributed by atoms with Crippen LogP contribution >= 0.6 is 0 Å². The SMILES string of the molecule is CC[C@@H]1[C@@H]2C=CC=C[C@@H]2[C@H]1COCc1ccc(OC)cc1. The summed E-state index contributed by atoms with van der Waals surface area (Å²) >= 11 is 0. The van der Waals surface area contributed by atoms with E-state index in [0.29, 0.717) is 18.4 Å². The summed E-state index contributed by atoms with van der Waals surface area (Å²) in [5, 5.41) is 0. The van der Waals surface area contributed by atoms with E-state index in [9.17, 15) is 0 Å². The first-order valence-electron chi connectivity index (χ1n) is 7.89. The summed E-state index contributed by atoms with van der Waals surface area (Å²) in [6, 6.07) is 8.12. The van der Waals surface area contributed by atoms with Gasteiger partial charge >= 0.3 is 0 Å². The highest BCUT2D eigenvalue weighted by molar-refractivity contribution is 5.26. The molecule has 0 N–H and O–H groups in total. The third-order valence-corrected chi connectivity index (χ3v) is 4.97. The molecule has 2 aliphatic carbocycles. The number of rotatable bonds is 6. The Kier molecular flexibility index (Phi) is 4.45. The lowest BCUT2D eigenvalue weighted by Gasteiger charge is -2.51. The Hall–Kier alpha value is -1.54. The Labute approximate surface area is 127 Å². The zero-order valence-corrected chi connectivity index (χ0v) is 12.9. The summed E-state index contributed by atoms with van der Waals surface area (Å²) in [5.41, 5.74) is 1.21. The molecule has 0 saturated heterocycles. The molecule has 1 fully saturated rings. The average molecular weight is 284 g/mol. The maximum atomic E-state index is 5.98. The van der Waals surface area contributed by atoms with Crippen molar-refractivity contribution < 1.29 is 9.47 Å². The lowest BCUT2D eigenvalue weighted by Crippen LogP contribution is -2.47. The van der Waals surface area contributed by atoms with E-state index in [1.54, 1.807) is 7.11 Å². The molecular formula is C19H24O2. The van der Waals surface area contributed by atoms with E-state index >= 15 is 0 Å². The number of allylic oxidation sites excluding steroid dienone is 4. The minimum atomic E-state index is 0.680. The summed E-state index contributed by atoms with van der Waals surface area (Å²) in [5.74, 6) is 3.79. The molecule has 0 unspecified atom stereocenters. The molecule has 1 aromatic carbocycles. The lowest BCUT2D eigenvalue weighted by atomic mass is 9.55. The van der Waals surface area contributed by atoms with Gasteiger partial charge in [-0.2, -0.15) is 0 Å².